The van der Waals surface area contributed by atoms with E-state index in [0.717, 1.165) is 70.0 Å². The summed E-state index contributed by atoms with van der Waals surface area (Å²) in [6.45, 7) is 1.65. The Bertz CT molecular complexity index is 1370. The van der Waals surface area contributed by atoms with Gasteiger partial charge in [-0.05, 0) is 61.4 Å². The lowest BCUT2D eigenvalue weighted by molar-refractivity contribution is 0.154. The van der Waals surface area contributed by atoms with Crippen molar-refractivity contribution in [3.05, 3.63) is 60.8 Å². The number of aliphatic hydroxyl groups excluding tert-OH is 1. The molecule has 1 fully saturated rings. The first-order chi connectivity index (χ1) is 15.2. The number of benzene rings is 2. The number of anilines is 1. The van der Waals surface area contributed by atoms with Crippen molar-refractivity contribution in [3.8, 4) is 22.9 Å². The van der Waals surface area contributed by atoms with E-state index >= 15 is 0 Å². The van der Waals surface area contributed by atoms with Crippen LogP contribution in [0.1, 0.15) is 12.8 Å². The zero-order chi connectivity index (χ0) is 20.8. The molecule has 2 aromatic carbocycles. The van der Waals surface area contributed by atoms with Crippen molar-refractivity contribution >= 4 is 27.8 Å². The second-order valence-corrected chi connectivity index (χ2v) is 8.06. The lowest BCUT2D eigenvalue weighted by Crippen LogP contribution is -2.38. The maximum atomic E-state index is 9.99. The smallest absolute Gasteiger partial charge is 0.157 e. The van der Waals surface area contributed by atoms with Gasteiger partial charge in [-0.25, -0.2) is 9.97 Å². The number of imidazole rings is 2. The van der Waals surface area contributed by atoms with Crippen LogP contribution in [-0.2, 0) is 0 Å². The van der Waals surface area contributed by atoms with Crippen molar-refractivity contribution in [2.45, 2.75) is 18.9 Å². The number of β-amino-alcohol motifs (C(OH)–C–C–N with tert-alkyl or cyclic N) is 1. The predicted octanol–water partition coefficient (Wildman–Crippen LogP) is 4.13. The Morgan fingerprint density at radius 1 is 0.903 bits per heavy atom. The van der Waals surface area contributed by atoms with Gasteiger partial charge in [-0.2, -0.15) is 0 Å². The van der Waals surface area contributed by atoms with E-state index in [4.69, 9.17) is 4.98 Å². The molecule has 7 nitrogen and oxygen atoms in total. The first-order valence-electron chi connectivity index (χ1n) is 10.6. The molecule has 0 bridgehead atoms. The Balaban J connectivity index is 1.34. The molecule has 154 valence electrons. The SMILES string of the molecule is OC1CCCN(c2ccc3nc(-c4ccc5nc(-c6ccccn6)[nH]c5c4)[nH]c3c2)C1. The fourth-order valence-electron chi connectivity index (χ4n) is 4.30. The first kappa shape index (κ1) is 18.1. The van der Waals surface area contributed by atoms with E-state index in [0.29, 0.717) is 6.54 Å². The van der Waals surface area contributed by atoms with Gasteiger partial charge in [0.15, 0.2) is 5.82 Å². The van der Waals surface area contributed by atoms with Gasteiger partial charge in [0.2, 0.25) is 0 Å². The normalized spacial score (nSPS) is 16.9. The van der Waals surface area contributed by atoms with Crippen LogP contribution in [0, 0.1) is 0 Å². The van der Waals surface area contributed by atoms with Gasteiger partial charge in [0.25, 0.3) is 0 Å². The Morgan fingerprint density at radius 3 is 2.55 bits per heavy atom. The molecule has 0 spiro atoms. The van der Waals surface area contributed by atoms with E-state index in [1.54, 1.807) is 6.20 Å². The average Bonchev–Trinajstić information content (AvgIpc) is 3.43. The molecule has 0 saturated carbocycles. The van der Waals surface area contributed by atoms with Crippen LogP contribution in [0.15, 0.2) is 60.8 Å². The molecule has 31 heavy (non-hydrogen) atoms. The minimum Gasteiger partial charge on any atom is -0.391 e. The van der Waals surface area contributed by atoms with E-state index < -0.39 is 0 Å². The van der Waals surface area contributed by atoms with Crippen LogP contribution in [-0.4, -0.2) is 49.2 Å². The summed E-state index contributed by atoms with van der Waals surface area (Å²) < 4.78 is 0. The van der Waals surface area contributed by atoms with Crippen LogP contribution in [0.25, 0.3) is 45.0 Å². The molecule has 1 atom stereocenters. The summed E-state index contributed by atoms with van der Waals surface area (Å²) in [5.74, 6) is 1.58. The van der Waals surface area contributed by atoms with E-state index in [2.05, 4.69) is 43.0 Å². The van der Waals surface area contributed by atoms with Crippen LogP contribution in [0.4, 0.5) is 5.69 Å². The number of hydrogen-bond donors (Lipinski definition) is 3. The van der Waals surface area contributed by atoms with Crippen LogP contribution in [0.3, 0.4) is 0 Å². The van der Waals surface area contributed by atoms with Crippen molar-refractivity contribution in [2.75, 3.05) is 18.0 Å². The molecule has 1 saturated heterocycles. The second kappa shape index (κ2) is 7.21. The molecule has 5 aromatic rings. The number of H-pyrrole nitrogens is 2. The lowest BCUT2D eigenvalue weighted by Gasteiger charge is -2.31. The van der Waals surface area contributed by atoms with Gasteiger partial charge in [-0.1, -0.05) is 6.07 Å². The summed E-state index contributed by atoms with van der Waals surface area (Å²) in [7, 11) is 0. The molecule has 1 unspecified atom stereocenters. The van der Waals surface area contributed by atoms with Gasteiger partial charge in [0.05, 0.1) is 28.2 Å². The molecule has 7 heteroatoms. The Hall–Kier alpha value is -3.71. The zero-order valence-corrected chi connectivity index (χ0v) is 16.9. The maximum Gasteiger partial charge on any atom is 0.157 e. The van der Waals surface area contributed by atoms with Crippen LogP contribution in [0.5, 0.6) is 0 Å². The topological polar surface area (TPSA) is 93.7 Å². The summed E-state index contributed by atoms with van der Waals surface area (Å²) in [6, 6.07) is 18.1. The van der Waals surface area contributed by atoms with Crippen LogP contribution < -0.4 is 4.90 Å². The van der Waals surface area contributed by atoms with Crippen LogP contribution >= 0.6 is 0 Å². The van der Waals surface area contributed by atoms with Crippen molar-refractivity contribution in [1.29, 1.82) is 0 Å². The molecule has 0 amide bonds. The third kappa shape index (κ3) is 3.33. The number of aliphatic hydroxyl groups is 1. The highest BCUT2D eigenvalue weighted by atomic mass is 16.3. The Kier molecular flexibility index (Phi) is 4.21. The number of hydrogen-bond acceptors (Lipinski definition) is 5. The highest BCUT2D eigenvalue weighted by molar-refractivity contribution is 5.86. The molecular formula is C24H22N6O. The molecule has 1 aliphatic rings. The summed E-state index contributed by atoms with van der Waals surface area (Å²) in [5, 5.41) is 9.99. The summed E-state index contributed by atoms with van der Waals surface area (Å²) in [6.07, 6.45) is 3.41. The standard InChI is InChI=1S/C24H22N6O/c31-17-4-3-11-30(14-17)16-7-9-19-22(13-16)28-23(26-19)15-6-8-18-21(12-15)29-24(27-18)20-5-1-2-10-25-20/h1-2,5-10,12-13,17,31H,3-4,11,14H2,(H,26,28)(H,27,29). The fraction of sp³-hybridized carbons (Fsp3) is 0.208. The highest BCUT2D eigenvalue weighted by Gasteiger charge is 2.18. The molecule has 0 radical (unpaired) electrons. The van der Waals surface area contributed by atoms with E-state index in [9.17, 15) is 5.11 Å². The van der Waals surface area contributed by atoms with Crippen molar-refractivity contribution in [1.82, 2.24) is 24.9 Å². The van der Waals surface area contributed by atoms with E-state index in [1.807, 2.05) is 36.4 Å². The number of fused-ring (bicyclic) bond motifs is 2. The zero-order valence-electron chi connectivity index (χ0n) is 16.9. The predicted molar refractivity (Wildman–Crippen MR) is 122 cm³/mol. The van der Waals surface area contributed by atoms with Crippen LogP contribution in [0.2, 0.25) is 0 Å². The van der Waals surface area contributed by atoms with E-state index in [1.165, 1.54) is 0 Å². The summed E-state index contributed by atoms with van der Waals surface area (Å²) in [4.78, 5) is 22.9. The number of piperidine rings is 1. The molecule has 6 rings (SSSR count). The quantitative estimate of drug-likeness (QED) is 0.416. The average molecular weight is 410 g/mol. The largest absolute Gasteiger partial charge is 0.391 e. The van der Waals surface area contributed by atoms with Crippen molar-refractivity contribution in [2.24, 2.45) is 0 Å². The van der Waals surface area contributed by atoms with E-state index in [-0.39, 0.29) is 6.10 Å². The van der Waals surface area contributed by atoms with Crippen molar-refractivity contribution in [3.63, 3.8) is 0 Å². The minimum atomic E-state index is -0.251. The number of nitrogens with zero attached hydrogens (tertiary/aromatic N) is 4. The molecular weight excluding hydrogens is 388 g/mol. The fourth-order valence-corrected chi connectivity index (χ4v) is 4.30. The molecule has 0 aliphatic carbocycles. The third-order valence-corrected chi connectivity index (χ3v) is 5.89. The summed E-state index contributed by atoms with van der Waals surface area (Å²) in [5.41, 5.74) is 6.69. The number of nitrogens with one attached hydrogen (secondary N) is 2. The number of aromatic amines is 2. The van der Waals surface area contributed by atoms with Gasteiger partial charge in [-0.3, -0.25) is 4.98 Å². The highest BCUT2D eigenvalue weighted by Crippen LogP contribution is 2.28. The van der Waals surface area contributed by atoms with Gasteiger partial charge >= 0.3 is 0 Å². The molecule has 4 heterocycles. The maximum absolute atomic E-state index is 9.99. The monoisotopic (exact) mass is 410 g/mol. The number of aromatic nitrogens is 5. The summed E-state index contributed by atoms with van der Waals surface area (Å²) >= 11 is 0. The second-order valence-electron chi connectivity index (χ2n) is 8.06. The van der Waals surface area contributed by atoms with Gasteiger partial charge in [-0.15, -0.1) is 0 Å². The molecule has 1 aliphatic heterocycles. The first-order valence-corrected chi connectivity index (χ1v) is 10.6. The van der Waals surface area contributed by atoms with Gasteiger partial charge < -0.3 is 20.0 Å². The molecule has 3 aromatic heterocycles. The number of pyridine rings is 1. The Morgan fingerprint density at radius 2 is 1.71 bits per heavy atom. The minimum absolute atomic E-state index is 0.251. The van der Waals surface area contributed by atoms with Gasteiger partial charge in [0.1, 0.15) is 11.5 Å². The van der Waals surface area contributed by atoms with Gasteiger partial charge in [0, 0.05) is 30.5 Å². The number of rotatable bonds is 3. The van der Waals surface area contributed by atoms with Crippen molar-refractivity contribution < 1.29 is 5.11 Å². The molecule has 3 N–H and O–H groups in total. The third-order valence-electron chi connectivity index (χ3n) is 5.89. The lowest BCUT2D eigenvalue weighted by atomic mass is 10.1. The Labute approximate surface area is 178 Å².